The average molecular weight is 740 g/mol. The number of fused-ring (bicyclic) bond motifs is 1. The molecule has 0 saturated carbocycles. The summed E-state index contributed by atoms with van der Waals surface area (Å²) in [7, 11) is 1.70. The van der Waals surface area contributed by atoms with Crippen molar-refractivity contribution in [3.05, 3.63) is 120 Å². The summed E-state index contributed by atoms with van der Waals surface area (Å²) < 4.78 is 13.5. The van der Waals surface area contributed by atoms with Gasteiger partial charge in [0.05, 0.1) is 35.6 Å². The van der Waals surface area contributed by atoms with E-state index in [2.05, 4.69) is 51.7 Å². The number of rotatable bonds is 10. The highest BCUT2D eigenvalue weighted by Gasteiger charge is 2.25. The number of nitrogens with one attached hydrogen (secondary N) is 3. The number of urea groups is 1. The summed E-state index contributed by atoms with van der Waals surface area (Å²) in [5.74, 6) is 2.12. The molecule has 3 N–H and O–H groups in total. The van der Waals surface area contributed by atoms with Crippen molar-refractivity contribution in [2.45, 2.75) is 58.7 Å². The molecule has 1 aliphatic heterocycles. The molecular weight excluding hydrogens is 695 g/mol. The van der Waals surface area contributed by atoms with E-state index in [1.54, 1.807) is 22.9 Å². The lowest BCUT2D eigenvalue weighted by molar-refractivity contribution is 0.0347. The number of benzene rings is 3. The molecule has 3 amide bonds. The number of aromatic nitrogens is 5. The Morgan fingerprint density at radius 2 is 1.62 bits per heavy atom. The topological polar surface area (TPSA) is 148 Å². The Morgan fingerprint density at radius 3 is 2.33 bits per heavy atom. The Morgan fingerprint density at radius 1 is 0.855 bits per heavy atom. The zero-order chi connectivity index (χ0) is 38.5. The second-order valence-electron chi connectivity index (χ2n) is 14.6. The van der Waals surface area contributed by atoms with Gasteiger partial charge in [-0.05, 0) is 61.7 Å². The number of pyridine rings is 1. The van der Waals surface area contributed by atoms with Gasteiger partial charge in [-0.15, -0.1) is 0 Å². The number of amides is 3. The van der Waals surface area contributed by atoms with Crippen LogP contribution in [0.5, 0.6) is 5.75 Å². The van der Waals surface area contributed by atoms with Crippen LogP contribution in [0, 0.1) is 6.92 Å². The number of carbonyl (C=O) groups is 2. The number of nitrogens with zero attached hydrogens (tertiary/aromatic N) is 6. The number of ether oxygens (including phenoxy) is 2. The molecule has 282 valence electrons. The predicted molar refractivity (Wildman–Crippen MR) is 213 cm³/mol. The summed E-state index contributed by atoms with van der Waals surface area (Å²) in [4.78, 5) is 41.4. The van der Waals surface area contributed by atoms with E-state index in [9.17, 15) is 9.59 Å². The molecule has 0 bridgehead atoms. The zero-order valence-electron chi connectivity index (χ0n) is 31.7. The van der Waals surface area contributed by atoms with Crippen molar-refractivity contribution in [3.63, 3.8) is 0 Å². The van der Waals surface area contributed by atoms with Gasteiger partial charge in [0, 0.05) is 48.6 Å². The van der Waals surface area contributed by atoms with Crippen molar-refractivity contribution in [2.75, 3.05) is 36.1 Å². The van der Waals surface area contributed by atoms with Crippen LogP contribution in [-0.4, -0.2) is 67.9 Å². The van der Waals surface area contributed by atoms with Gasteiger partial charge in [0.15, 0.2) is 0 Å². The molecule has 1 aliphatic rings. The highest BCUT2D eigenvalue weighted by molar-refractivity contribution is 6.07. The molecule has 6 aromatic rings. The number of anilines is 4. The molecule has 1 fully saturated rings. The van der Waals surface area contributed by atoms with E-state index in [-0.39, 0.29) is 24.0 Å². The fourth-order valence-electron chi connectivity index (χ4n) is 6.38. The SMILES string of the molecule is COC1CCN(C(=O)c2cnc(Nc3cc(COc4ccc(NC(=O)Nc5cc(C(C)(C)C)nn5-c5ccc(C)cc5)c5ccccc45)ccn3)cn2)CC1. The van der Waals surface area contributed by atoms with Gasteiger partial charge in [0.2, 0.25) is 0 Å². The molecule has 1 saturated heterocycles. The van der Waals surface area contributed by atoms with Crippen LogP contribution in [0.1, 0.15) is 60.9 Å². The fourth-order valence-corrected chi connectivity index (χ4v) is 6.38. The van der Waals surface area contributed by atoms with Gasteiger partial charge in [0.25, 0.3) is 5.91 Å². The number of methoxy groups -OCH3 is 1. The van der Waals surface area contributed by atoms with Crippen LogP contribution in [-0.2, 0) is 16.8 Å². The number of piperidine rings is 1. The molecule has 13 heteroatoms. The van der Waals surface area contributed by atoms with E-state index in [1.807, 2.05) is 85.8 Å². The minimum Gasteiger partial charge on any atom is -0.488 e. The largest absolute Gasteiger partial charge is 0.488 e. The van der Waals surface area contributed by atoms with E-state index in [4.69, 9.17) is 14.6 Å². The number of carbonyl (C=O) groups excluding carboxylic acids is 2. The van der Waals surface area contributed by atoms with Gasteiger partial charge in [-0.2, -0.15) is 5.10 Å². The Kier molecular flexibility index (Phi) is 10.7. The smallest absolute Gasteiger partial charge is 0.324 e. The Hall–Kier alpha value is -6.34. The third-order valence-electron chi connectivity index (χ3n) is 9.54. The fraction of sp³-hybridized carbons (Fsp3) is 0.286. The summed E-state index contributed by atoms with van der Waals surface area (Å²) in [6, 6.07) is 24.7. The van der Waals surface area contributed by atoms with E-state index in [0.29, 0.717) is 47.7 Å². The first-order chi connectivity index (χ1) is 26.5. The second kappa shape index (κ2) is 15.9. The first kappa shape index (κ1) is 37.0. The molecule has 3 aromatic heterocycles. The first-order valence-corrected chi connectivity index (χ1v) is 18.3. The summed E-state index contributed by atoms with van der Waals surface area (Å²) in [5, 5.41) is 15.7. The van der Waals surface area contributed by atoms with E-state index >= 15 is 0 Å². The van der Waals surface area contributed by atoms with E-state index < -0.39 is 6.03 Å². The lowest BCUT2D eigenvalue weighted by Crippen LogP contribution is -2.40. The van der Waals surface area contributed by atoms with Crippen molar-refractivity contribution in [2.24, 2.45) is 0 Å². The standard InChI is InChI=1S/C42H45N9O4/c1-27-10-12-29(13-11-27)51-39(23-36(49-51)42(2,3)4)48-41(53)46-33-14-15-35(32-9-7-6-8-31(32)33)55-26-28-16-19-43-37(22-28)47-38-25-44-34(24-45-38)40(52)50-20-17-30(54-5)18-21-50/h6-16,19,22-25,30H,17-18,20-21,26H2,1-5H3,(H,43,45,47)(H2,46,48,53). The van der Waals surface area contributed by atoms with Crippen LogP contribution < -0.4 is 20.7 Å². The minimum atomic E-state index is -0.391. The van der Waals surface area contributed by atoms with E-state index in [1.165, 1.54) is 12.4 Å². The highest BCUT2D eigenvalue weighted by atomic mass is 16.5. The van der Waals surface area contributed by atoms with Gasteiger partial charge in [-0.1, -0.05) is 62.7 Å². The quantitative estimate of drug-likeness (QED) is 0.127. The van der Waals surface area contributed by atoms with Crippen molar-refractivity contribution in [1.82, 2.24) is 29.6 Å². The van der Waals surface area contributed by atoms with Crippen molar-refractivity contribution < 1.29 is 19.1 Å². The normalized spacial score (nSPS) is 13.4. The molecule has 3 aromatic carbocycles. The lowest BCUT2D eigenvalue weighted by Gasteiger charge is -2.30. The maximum Gasteiger partial charge on any atom is 0.324 e. The lowest BCUT2D eigenvalue weighted by atomic mass is 9.92. The predicted octanol–water partition coefficient (Wildman–Crippen LogP) is 8.03. The van der Waals surface area contributed by atoms with Gasteiger partial charge in [0.1, 0.15) is 35.5 Å². The summed E-state index contributed by atoms with van der Waals surface area (Å²) in [6.07, 6.45) is 6.51. The molecule has 0 radical (unpaired) electrons. The molecule has 7 rings (SSSR count). The summed E-state index contributed by atoms with van der Waals surface area (Å²) in [6.45, 7) is 9.84. The van der Waals surface area contributed by atoms with Crippen LogP contribution in [0.3, 0.4) is 0 Å². The molecule has 55 heavy (non-hydrogen) atoms. The number of aryl methyl sites for hydroxylation is 1. The van der Waals surface area contributed by atoms with Gasteiger partial charge >= 0.3 is 6.03 Å². The monoisotopic (exact) mass is 739 g/mol. The molecule has 4 heterocycles. The summed E-state index contributed by atoms with van der Waals surface area (Å²) in [5.41, 5.74) is 4.45. The Balaban J connectivity index is 1.00. The molecule has 0 spiro atoms. The maximum atomic E-state index is 13.5. The van der Waals surface area contributed by atoms with Gasteiger partial charge in [-0.3, -0.25) is 10.1 Å². The van der Waals surface area contributed by atoms with Crippen LogP contribution in [0.15, 0.2) is 97.5 Å². The number of likely N-dealkylation sites (tertiary alicyclic amines) is 1. The van der Waals surface area contributed by atoms with Crippen LogP contribution >= 0.6 is 0 Å². The summed E-state index contributed by atoms with van der Waals surface area (Å²) >= 11 is 0. The number of hydrogen-bond acceptors (Lipinski definition) is 9. The molecular formula is C42H45N9O4. The van der Waals surface area contributed by atoms with Gasteiger partial charge < -0.3 is 25.0 Å². The van der Waals surface area contributed by atoms with Crippen LogP contribution in [0.25, 0.3) is 16.5 Å². The Bertz CT molecular complexity index is 2290. The van der Waals surface area contributed by atoms with Crippen molar-refractivity contribution in [1.29, 1.82) is 0 Å². The van der Waals surface area contributed by atoms with E-state index in [0.717, 1.165) is 46.1 Å². The second-order valence-corrected chi connectivity index (χ2v) is 14.6. The number of hydrogen-bond donors (Lipinski definition) is 3. The molecule has 0 aliphatic carbocycles. The Labute approximate surface area is 320 Å². The van der Waals surface area contributed by atoms with Crippen molar-refractivity contribution >= 4 is 45.9 Å². The first-order valence-electron chi connectivity index (χ1n) is 18.3. The third kappa shape index (κ3) is 8.73. The zero-order valence-corrected chi connectivity index (χ0v) is 31.7. The molecule has 0 unspecified atom stereocenters. The average Bonchev–Trinajstić information content (AvgIpc) is 3.62. The molecule has 0 atom stereocenters. The van der Waals surface area contributed by atoms with Crippen LogP contribution in [0.2, 0.25) is 0 Å². The minimum absolute atomic E-state index is 0.137. The van der Waals surface area contributed by atoms with Crippen LogP contribution in [0.4, 0.5) is 27.9 Å². The molecule has 13 nitrogen and oxygen atoms in total. The van der Waals surface area contributed by atoms with Gasteiger partial charge in [-0.25, -0.2) is 24.4 Å². The maximum absolute atomic E-state index is 13.5. The highest BCUT2D eigenvalue weighted by Crippen LogP contribution is 2.33. The van der Waals surface area contributed by atoms with Crippen molar-refractivity contribution in [3.8, 4) is 11.4 Å². The third-order valence-corrected chi connectivity index (χ3v) is 9.54.